The van der Waals surface area contributed by atoms with Gasteiger partial charge in [-0.1, -0.05) is 0 Å². The van der Waals surface area contributed by atoms with Gasteiger partial charge in [0, 0.05) is 24.8 Å². The minimum Gasteiger partial charge on any atom is -0.393 e. The molecule has 1 aromatic carbocycles. The molecule has 1 fully saturated rings. The van der Waals surface area contributed by atoms with Crippen LogP contribution in [-0.2, 0) is 11.8 Å². The predicted octanol–water partition coefficient (Wildman–Crippen LogP) is 2.89. The fourth-order valence-electron chi connectivity index (χ4n) is 4.15. The third kappa shape index (κ3) is 4.57. The van der Waals surface area contributed by atoms with Crippen molar-refractivity contribution in [3.63, 3.8) is 0 Å². The van der Waals surface area contributed by atoms with Gasteiger partial charge in [-0.2, -0.15) is 0 Å². The quantitative estimate of drug-likeness (QED) is 0.485. The van der Waals surface area contributed by atoms with Crippen molar-refractivity contribution in [3.8, 4) is 0 Å². The lowest BCUT2D eigenvalue weighted by molar-refractivity contribution is -0.118. The second-order valence-corrected chi connectivity index (χ2v) is 8.30. The first kappa shape index (κ1) is 23.6. The maximum Gasteiger partial charge on any atom is 0.294 e. The molecule has 3 rings (SSSR count). The number of nitrogens with zero attached hydrogens (tertiary/aromatic N) is 1. The summed E-state index contributed by atoms with van der Waals surface area (Å²) < 4.78 is 29.1. The van der Waals surface area contributed by atoms with Gasteiger partial charge in [0.1, 0.15) is 12.0 Å². The summed E-state index contributed by atoms with van der Waals surface area (Å²) in [5.74, 6) is -2.72. The Morgan fingerprint density at radius 1 is 1.16 bits per heavy atom. The molecule has 0 unspecified atom stereocenters. The number of anilines is 1. The van der Waals surface area contributed by atoms with E-state index in [4.69, 9.17) is 0 Å². The molecule has 0 radical (unpaired) electrons. The molecule has 1 aliphatic carbocycles. The Bertz CT molecular complexity index is 1080. The van der Waals surface area contributed by atoms with Crippen LogP contribution in [0.4, 0.5) is 14.5 Å². The van der Waals surface area contributed by atoms with Gasteiger partial charge in [0.05, 0.1) is 23.4 Å². The van der Waals surface area contributed by atoms with Crippen LogP contribution in [0.3, 0.4) is 0 Å². The largest absolute Gasteiger partial charge is 0.393 e. The van der Waals surface area contributed by atoms with Crippen molar-refractivity contribution in [2.75, 3.05) is 5.32 Å². The van der Waals surface area contributed by atoms with Crippen LogP contribution >= 0.6 is 0 Å². The zero-order valence-electron chi connectivity index (χ0n) is 18.5. The third-order valence-corrected chi connectivity index (χ3v) is 6.06. The number of hydrogen-bond acceptors (Lipinski definition) is 4. The van der Waals surface area contributed by atoms with E-state index in [-0.39, 0.29) is 24.1 Å². The second kappa shape index (κ2) is 9.20. The van der Waals surface area contributed by atoms with Crippen LogP contribution in [0.15, 0.2) is 18.2 Å². The van der Waals surface area contributed by atoms with Crippen LogP contribution in [0.25, 0.3) is 0 Å². The first-order valence-electron chi connectivity index (χ1n) is 10.4. The number of rotatable bonds is 5. The van der Waals surface area contributed by atoms with Gasteiger partial charge in [0.25, 0.3) is 17.6 Å². The standard InChI is InChI=1S/C23H27F2N3O4/c1-11-9-14(5-7-16(11)24)26-22(31)19-12(2)20(28(4)13(19)3)21(30)23(32)27-18-8-6-15(29)10-17(18)25/h5,7,9,15,17-18,29H,6,8,10H2,1-4H3,(H,26,31)(H,27,32)/t15-,17+,18+/m0/s1. The second-order valence-electron chi connectivity index (χ2n) is 8.30. The summed E-state index contributed by atoms with van der Waals surface area (Å²) in [6.45, 7) is 4.79. The first-order chi connectivity index (χ1) is 15.0. The summed E-state index contributed by atoms with van der Waals surface area (Å²) >= 11 is 0. The molecular formula is C23H27F2N3O4. The lowest BCUT2D eigenvalue weighted by Crippen LogP contribution is -2.48. The Hall–Kier alpha value is -3.07. The molecular weight excluding hydrogens is 420 g/mol. The molecule has 1 saturated carbocycles. The molecule has 172 valence electrons. The summed E-state index contributed by atoms with van der Waals surface area (Å²) in [5.41, 5.74) is 1.83. The van der Waals surface area contributed by atoms with E-state index in [1.165, 1.54) is 22.8 Å². The molecule has 1 aromatic heterocycles. The molecule has 7 nitrogen and oxygen atoms in total. The fraction of sp³-hybridized carbons (Fsp3) is 0.435. The van der Waals surface area contributed by atoms with Crippen LogP contribution < -0.4 is 10.6 Å². The zero-order valence-corrected chi connectivity index (χ0v) is 18.5. The minimum atomic E-state index is -1.44. The third-order valence-electron chi connectivity index (χ3n) is 6.06. The van der Waals surface area contributed by atoms with E-state index < -0.39 is 41.7 Å². The number of aliphatic hydroxyl groups is 1. The van der Waals surface area contributed by atoms with E-state index in [1.807, 2.05) is 0 Å². The maximum atomic E-state index is 14.2. The number of carbonyl (C=O) groups excluding carboxylic acids is 3. The molecule has 2 aromatic rings. The monoisotopic (exact) mass is 447 g/mol. The number of hydrogen-bond donors (Lipinski definition) is 3. The molecule has 0 spiro atoms. The summed E-state index contributed by atoms with van der Waals surface area (Å²) in [7, 11) is 1.57. The lowest BCUT2D eigenvalue weighted by Gasteiger charge is -2.29. The Morgan fingerprint density at radius 2 is 1.84 bits per heavy atom. The van der Waals surface area contributed by atoms with E-state index in [9.17, 15) is 28.3 Å². The molecule has 3 atom stereocenters. The Morgan fingerprint density at radius 3 is 2.47 bits per heavy atom. The zero-order chi connectivity index (χ0) is 23.7. The van der Waals surface area contributed by atoms with Crippen LogP contribution in [0.5, 0.6) is 0 Å². The maximum absolute atomic E-state index is 14.2. The SMILES string of the molecule is Cc1cc(NC(=O)c2c(C)c(C(=O)C(=O)N[C@@H]3CC[C@H](O)C[C@H]3F)n(C)c2C)ccc1F. The van der Waals surface area contributed by atoms with Gasteiger partial charge in [-0.15, -0.1) is 0 Å². The lowest BCUT2D eigenvalue weighted by atomic mass is 9.91. The highest BCUT2D eigenvalue weighted by molar-refractivity contribution is 6.43. The van der Waals surface area contributed by atoms with Gasteiger partial charge < -0.3 is 20.3 Å². The number of aromatic nitrogens is 1. The Labute approximate surface area is 184 Å². The number of Topliss-reactive ketones (excluding diaryl/α,β-unsaturated/α-hetero) is 1. The number of amides is 2. The number of ketones is 1. The van der Waals surface area contributed by atoms with Crippen molar-refractivity contribution in [3.05, 3.63) is 52.1 Å². The van der Waals surface area contributed by atoms with Gasteiger partial charge in [0.2, 0.25) is 0 Å². The van der Waals surface area contributed by atoms with Crippen LogP contribution in [0, 0.1) is 26.6 Å². The number of benzene rings is 1. The summed E-state index contributed by atoms with van der Waals surface area (Å²) in [6, 6.07) is 3.33. The first-order valence-corrected chi connectivity index (χ1v) is 10.4. The minimum absolute atomic E-state index is 0.0340. The molecule has 32 heavy (non-hydrogen) atoms. The van der Waals surface area contributed by atoms with Gasteiger partial charge in [-0.3, -0.25) is 14.4 Å². The van der Waals surface area contributed by atoms with Crippen molar-refractivity contribution in [1.29, 1.82) is 0 Å². The molecule has 0 saturated heterocycles. The summed E-state index contributed by atoms with van der Waals surface area (Å²) in [6.07, 6.45) is -1.70. The van der Waals surface area contributed by atoms with E-state index >= 15 is 0 Å². The van der Waals surface area contributed by atoms with Crippen molar-refractivity contribution in [2.45, 2.75) is 58.4 Å². The van der Waals surface area contributed by atoms with Crippen molar-refractivity contribution < 1.29 is 28.3 Å². The molecule has 9 heteroatoms. The van der Waals surface area contributed by atoms with Gasteiger partial charge in [-0.05, 0) is 62.9 Å². The van der Waals surface area contributed by atoms with Crippen LogP contribution in [0.2, 0.25) is 0 Å². The van der Waals surface area contributed by atoms with E-state index in [1.54, 1.807) is 27.8 Å². The van der Waals surface area contributed by atoms with E-state index in [2.05, 4.69) is 10.6 Å². The summed E-state index contributed by atoms with van der Waals surface area (Å²) in [4.78, 5) is 38.3. The van der Waals surface area contributed by atoms with E-state index in [0.29, 0.717) is 28.9 Å². The Kier molecular flexibility index (Phi) is 6.78. The van der Waals surface area contributed by atoms with Crippen molar-refractivity contribution in [2.24, 2.45) is 7.05 Å². The highest BCUT2D eigenvalue weighted by atomic mass is 19.1. The molecule has 1 aliphatic rings. The van der Waals surface area contributed by atoms with Gasteiger partial charge in [0.15, 0.2) is 0 Å². The van der Waals surface area contributed by atoms with Gasteiger partial charge >= 0.3 is 0 Å². The van der Waals surface area contributed by atoms with E-state index in [0.717, 1.165) is 0 Å². The highest BCUT2D eigenvalue weighted by Crippen LogP contribution is 2.25. The van der Waals surface area contributed by atoms with Crippen LogP contribution in [-0.4, -0.2) is 45.6 Å². The number of halogens is 2. The average molecular weight is 447 g/mol. The van der Waals surface area contributed by atoms with Crippen molar-refractivity contribution >= 4 is 23.3 Å². The topological polar surface area (TPSA) is 100 Å². The van der Waals surface area contributed by atoms with Crippen LogP contribution in [0.1, 0.15) is 56.9 Å². The number of aryl methyl sites for hydroxylation is 1. The molecule has 2 amide bonds. The smallest absolute Gasteiger partial charge is 0.294 e. The Balaban J connectivity index is 1.81. The molecule has 0 aliphatic heterocycles. The number of aliphatic hydroxyl groups excluding tert-OH is 1. The number of nitrogens with one attached hydrogen (secondary N) is 2. The highest BCUT2D eigenvalue weighted by Gasteiger charge is 2.34. The average Bonchev–Trinajstić information content (AvgIpc) is 2.94. The fourth-order valence-corrected chi connectivity index (χ4v) is 4.15. The van der Waals surface area contributed by atoms with Crippen molar-refractivity contribution in [1.82, 2.24) is 9.88 Å². The molecule has 3 N–H and O–H groups in total. The van der Waals surface area contributed by atoms with Gasteiger partial charge in [-0.25, -0.2) is 8.78 Å². The molecule has 1 heterocycles. The number of carbonyl (C=O) groups is 3. The summed E-state index contributed by atoms with van der Waals surface area (Å²) in [5, 5.41) is 14.6. The normalized spacial score (nSPS) is 20.7. The molecule has 0 bridgehead atoms. The number of alkyl halides is 1. The predicted molar refractivity (Wildman–Crippen MR) is 115 cm³/mol.